The van der Waals surface area contributed by atoms with Crippen molar-refractivity contribution in [3.8, 4) is 11.5 Å². The number of carboxylic acid groups (broad SMARTS) is 1. The van der Waals surface area contributed by atoms with Crippen LogP contribution in [0.4, 0.5) is 0 Å². The average Bonchev–Trinajstić information content (AvgIpc) is 3.33. The number of aliphatic imine (C=N–C) groups is 1. The molecule has 0 spiro atoms. The zero-order valence-electron chi connectivity index (χ0n) is 22.8. The van der Waals surface area contributed by atoms with Crippen LogP contribution in [0.3, 0.4) is 0 Å². The fourth-order valence-corrected chi connectivity index (χ4v) is 4.30. The number of ether oxygens (including phenoxy) is 8. The van der Waals surface area contributed by atoms with Crippen LogP contribution in [0.5, 0.6) is 11.5 Å². The second kappa shape index (κ2) is 20.0. The Bertz CT molecular complexity index is 857. The third kappa shape index (κ3) is 13.3. The lowest BCUT2D eigenvalue weighted by Crippen LogP contribution is -2.33. The maximum absolute atomic E-state index is 11.4. The SMILES string of the molecule is COCCOCCOCCOCCOCCOCCOCCOc1cccc(C2=NC(C)(C(=O)O)CS2)c1O. The molecule has 1 unspecified atom stereocenters. The summed E-state index contributed by atoms with van der Waals surface area (Å²) in [5.41, 5.74) is -0.744. The third-order valence-corrected chi connectivity index (χ3v) is 6.60. The van der Waals surface area contributed by atoms with Crippen LogP contribution in [0.15, 0.2) is 23.2 Å². The molecule has 0 radical (unpaired) electrons. The number of hydrogen-bond acceptors (Lipinski definition) is 12. The van der Waals surface area contributed by atoms with E-state index in [1.165, 1.54) is 11.8 Å². The quantitative estimate of drug-likeness (QED) is 0.174. The van der Waals surface area contributed by atoms with E-state index in [9.17, 15) is 15.0 Å². The predicted molar refractivity (Wildman–Crippen MR) is 145 cm³/mol. The summed E-state index contributed by atoms with van der Waals surface area (Å²) in [6, 6.07) is 5.05. The van der Waals surface area contributed by atoms with Gasteiger partial charge in [0.05, 0.1) is 91.5 Å². The molecule has 222 valence electrons. The number of aromatic hydroxyl groups is 1. The van der Waals surface area contributed by atoms with Gasteiger partial charge in [0.1, 0.15) is 11.7 Å². The number of carboxylic acids is 1. The monoisotopic (exact) mass is 575 g/mol. The van der Waals surface area contributed by atoms with Gasteiger partial charge in [-0.15, -0.1) is 11.8 Å². The molecule has 0 aromatic heterocycles. The second-order valence-electron chi connectivity index (χ2n) is 8.45. The Morgan fingerprint density at radius 2 is 1.28 bits per heavy atom. The summed E-state index contributed by atoms with van der Waals surface area (Å²) in [5.74, 6) is -0.469. The van der Waals surface area contributed by atoms with Gasteiger partial charge in [0, 0.05) is 12.9 Å². The van der Waals surface area contributed by atoms with E-state index in [0.29, 0.717) is 102 Å². The van der Waals surface area contributed by atoms with Crippen molar-refractivity contribution >= 4 is 22.8 Å². The topological polar surface area (TPSA) is 144 Å². The van der Waals surface area contributed by atoms with Crippen LogP contribution < -0.4 is 4.74 Å². The summed E-state index contributed by atoms with van der Waals surface area (Å²) in [6.45, 7) is 8.06. The highest BCUT2D eigenvalue weighted by atomic mass is 32.2. The van der Waals surface area contributed by atoms with E-state index in [4.69, 9.17) is 37.9 Å². The van der Waals surface area contributed by atoms with Crippen LogP contribution in [-0.4, -0.2) is 132 Å². The lowest BCUT2D eigenvalue weighted by molar-refractivity contribution is -0.141. The highest BCUT2D eigenvalue weighted by Gasteiger charge is 2.39. The van der Waals surface area contributed by atoms with Gasteiger partial charge in [-0.05, 0) is 19.1 Å². The maximum Gasteiger partial charge on any atom is 0.332 e. The molecule has 1 aromatic carbocycles. The summed E-state index contributed by atoms with van der Waals surface area (Å²) in [7, 11) is 1.64. The van der Waals surface area contributed by atoms with Gasteiger partial charge in [-0.3, -0.25) is 4.99 Å². The zero-order valence-corrected chi connectivity index (χ0v) is 23.6. The number of phenols is 1. The minimum atomic E-state index is -1.20. The van der Waals surface area contributed by atoms with Gasteiger partial charge >= 0.3 is 5.97 Å². The van der Waals surface area contributed by atoms with Crippen molar-refractivity contribution in [2.24, 2.45) is 4.99 Å². The number of thioether (sulfide) groups is 1. The van der Waals surface area contributed by atoms with Crippen molar-refractivity contribution in [1.29, 1.82) is 0 Å². The summed E-state index contributed by atoms with van der Waals surface area (Å²) in [4.78, 5) is 15.7. The molecule has 0 aliphatic carbocycles. The number of para-hydroxylation sites is 1. The normalized spacial score (nSPS) is 16.9. The fourth-order valence-electron chi connectivity index (χ4n) is 3.11. The first-order valence-electron chi connectivity index (χ1n) is 12.8. The molecule has 0 fully saturated rings. The smallest absolute Gasteiger partial charge is 0.332 e. The second-order valence-corrected chi connectivity index (χ2v) is 9.42. The first kappa shape index (κ1) is 33.2. The van der Waals surface area contributed by atoms with E-state index in [-0.39, 0.29) is 18.1 Å². The minimum absolute atomic E-state index is 0.0695. The van der Waals surface area contributed by atoms with Gasteiger partial charge in [0.15, 0.2) is 17.0 Å². The fraction of sp³-hybridized carbons (Fsp3) is 0.692. The van der Waals surface area contributed by atoms with E-state index in [0.717, 1.165) is 0 Å². The summed E-state index contributed by atoms with van der Waals surface area (Å²) in [6.07, 6.45) is 0. The molecular weight excluding hydrogens is 534 g/mol. The molecule has 12 nitrogen and oxygen atoms in total. The molecule has 0 amide bonds. The van der Waals surface area contributed by atoms with Crippen LogP contribution in [0, 0.1) is 0 Å². The maximum atomic E-state index is 11.4. The van der Waals surface area contributed by atoms with Gasteiger partial charge in [0.2, 0.25) is 0 Å². The Morgan fingerprint density at radius 1 is 0.821 bits per heavy atom. The van der Waals surface area contributed by atoms with E-state index < -0.39 is 11.5 Å². The highest BCUT2D eigenvalue weighted by Crippen LogP contribution is 2.37. The van der Waals surface area contributed by atoms with Crippen molar-refractivity contribution < 1.29 is 52.9 Å². The van der Waals surface area contributed by atoms with Crippen LogP contribution in [-0.2, 0) is 38.0 Å². The van der Waals surface area contributed by atoms with Crippen molar-refractivity contribution in [1.82, 2.24) is 0 Å². The Balaban J connectivity index is 1.41. The molecule has 13 heteroatoms. The number of hydrogen-bond donors (Lipinski definition) is 2. The largest absolute Gasteiger partial charge is 0.504 e. The minimum Gasteiger partial charge on any atom is -0.504 e. The average molecular weight is 576 g/mol. The van der Waals surface area contributed by atoms with Crippen LogP contribution in [0.2, 0.25) is 0 Å². The Labute approximate surface area is 233 Å². The first-order chi connectivity index (χ1) is 19.0. The number of benzene rings is 1. The van der Waals surface area contributed by atoms with Crippen molar-refractivity contribution in [2.45, 2.75) is 12.5 Å². The Morgan fingerprint density at radius 3 is 1.72 bits per heavy atom. The molecular formula is C26H41NO11S. The molecule has 1 atom stereocenters. The number of phenolic OH excluding ortho intramolecular Hbond substituents is 1. The molecule has 1 heterocycles. The van der Waals surface area contributed by atoms with E-state index in [1.807, 2.05) is 0 Å². The van der Waals surface area contributed by atoms with E-state index in [1.54, 1.807) is 32.2 Å². The van der Waals surface area contributed by atoms with Crippen LogP contribution in [0.1, 0.15) is 12.5 Å². The zero-order chi connectivity index (χ0) is 28.2. The lowest BCUT2D eigenvalue weighted by Gasteiger charge is -2.12. The molecule has 1 aromatic rings. The molecule has 39 heavy (non-hydrogen) atoms. The van der Waals surface area contributed by atoms with E-state index >= 15 is 0 Å². The number of methoxy groups -OCH3 is 1. The van der Waals surface area contributed by atoms with E-state index in [2.05, 4.69) is 4.99 Å². The number of carbonyl (C=O) groups is 1. The molecule has 1 aliphatic heterocycles. The van der Waals surface area contributed by atoms with Gasteiger partial charge < -0.3 is 48.1 Å². The third-order valence-electron chi connectivity index (χ3n) is 5.31. The number of rotatable bonds is 24. The standard InChI is InChI=1S/C26H41NO11S/c1-26(25(29)30)20-39-24(27-26)21-4-3-5-22(23(21)28)38-19-18-37-17-16-36-15-14-35-13-12-34-11-10-33-9-8-32-7-6-31-2/h3-5,28H,6-20H2,1-2H3,(H,29,30). The Hall–Kier alpha value is -1.97. The van der Waals surface area contributed by atoms with Crippen LogP contribution in [0.25, 0.3) is 0 Å². The number of nitrogens with zero attached hydrogens (tertiary/aromatic N) is 1. The van der Waals surface area contributed by atoms with Gasteiger partial charge in [-0.1, -0.05) is 6.07 Å². The van der Waals surface area contributed by atoms with Gasteiger partial charge in [-0.25, -0.2) is 4.79 Å². The van der Waals surface area contributed by atoms with Crippen molar-refractivity contribution in [3.05, 3.63) is 23.8 Å². The van der Waals surface area contributed by atoms with Crippen molar-refractivity contribution in [3.63, 3.8) is 0 Å². The van der Waals surface area contributed by atoms with Gasteiger partial charge in [-0.2, -0.15) is 0 Å². The summed E-state index contributed by atoms with van der Waals surface area (Å²) >= 11 is 1.30. The van der Waals surface area contributed by atoms with Gasteiger partial charge in [0.25, 0.3) is 0 Å². The molecule has 2 rings (SSSR count). The highest BCUT2D eigenvalue weighted by molar-refractivity contribution is 8.14. The molecule has 2 N–H and O–H groups in total. The summed E-state index contributed by atoms with van der Waals surface area (Å²) in [5, 5.41) is 20.4. The molecule has 1 aliphatic rings. The predicted octanol–water partition coefficient (Wildman–Crippen LogP) is 1.85. The molecule has 0 bridgehead atoms. The summed E-state index contributed by atoms with van der Waals surface area (Å²) < 4.78 is 43.0. The molecule has 0 saturated carbocycles. The lowest BCUT2D eigenvalue weighted by atomic mass is 10.1. The first-order valence-corrected chi connectivity index (χ1v) is 13.8. The van der Waals surface area contributed by atoms with Crippen LogP contribution >= 0.6 is 11.8 Å². The number of aliphatic carboxylic acids is 1. The Kier molecular flexibility index (Phi) is 17.0. The molecule has 0 saturated heterocycles. The van der Waals surface area contributed by atoms with Crippen molar-refractivity contribution in [2.75, 3.05) is 105 Å².